The van der Waals surface area contributed by atoms with Gasteiger partial charge in [-0.1, -0.05) is 38.7 Å². The summed E-state index contributed by atoms with van der Waals surface area (Å²) < 4.78 is 0. The number of aromatic hydroxyl groups is 1. The van der Waals surface area contributed by atoms with E-state index in [0.717, 1.165) is 30.4 Å². The van der Waals surface area contributed by atoms with Crippen molar-refractivity contribution >= 4 is 0 Å². The highest BCUT2D eigenvalue weighted by Crippen LogP contribution is 2.22. The lowest BCUT2D eigenvalue weighted by Gasteiger charge is -2.31. The molecule has 2 unspecified atom stereocenters. The second-order valence-corrected chi connectivity index (χ2v) is 6.12. The van der Waals surface area contributed by atoms with E-state index in [9.17, 15) is 15.3 Å². The molecular formula is C18H31NO5. The Hall–Kier alpha value is -1.18. The average molecular weight is 341 g/mol. The summed E-state index contributed by atoms with van der Waals surface area (Å²) in [6.07, 6.45) is 4.05. The second-order valence-electron chi connectivity index (χ2n) is 6.12. The lowest BCUT2D eigenvalue weighted by Crippen LogP contribution is -2.46. The standard InChI is InChI=1S/C18H31NO5/c1-2-3-4-5-6-7-14-8-9-16(22)10-15(14)11-19(17(23)12-20)18(24)13-21/h8-10,17-18,20-24H,2-7,11-13H2,1H3. The SMILES string of the molecule is CCCCCCCc1ccc(O)cc1CN(C(O)CO)C(O)CO. The van der Waals surface area contributed by atoms with E-state index < -0.39 is 25.7 Å². The Labute approximate surface area is 144 Å². The van der Waals surface area contributed by atoms with Crippen LogP contribution in [0.25, 0.3) is 0 Å². The molecule has 0 bridgehead atoms. The van der Waals surface area contributed by atoms with E-state index in [1.165, 1.54) is 24.2 Å². The van der Waals surface area contributed by atoms with Crippen LogP contribution in [-0.4, -0.2) is 56.1 Å². The van der Waals surface area contributed by atoms with E-state index in [2.05, 4.69) is 6.92 Å². The summed E-state index contributed by atoms with van der Waals surface area (Å²) in [5.41, 5.74) is 1.80. The van der Waals surface area contributed by atoms with Gasteiger partial charge in [0, 0.05) is 6.54 Å². The largest absolute Gasteiger partial charge is 0.508 e. The van der Waals surface area contributed by atoms with E-state index in [0.29, 0.717) is 0 Å². The monoisotopic (exact) mass is 341 g/mol. The molecule has 5 N–H and O–H groups in total. The molecular weight excluding hydrogens is 310 g/mol. The smallest absolute Gasteiger partial charge is 0.133 e. The van der Waals surface area contributed by atoms with Gasteiger partial charge in [0.15, 0.2) is 0 Å². The fourth-order valence-electron chi connectivity index (χ4n) is 2.74. The molecule has 1 aromatic carbocycles. The van der Waals surface area contributed by atoms with Crippen LogP contribution in [0.1, 0.15) is 50.2 Å². The lowest BCUT2D eigenvalue weighted by atomic mass is 9.99. The van der Waals surface area contributed by atoms with Crippen molar-refractivity contribution in [3.8, 4) is 5.75 Å². The van der Waals surface area contributed by atoms with Gasteiger partial charge in [-0.3, -0.25) is 0 Å². The predicted molar refractivity (Wildman–Crippen MR) is 92.3 cm³/mol. The van der Waals surface area contributed by atoms with E-state index in [1.54, 1.807) is 12.1 Å². The summed E-state index contributed by atoms with van der Waals surface area (Å²) in [6.45, 7) is 1.19. The van der Waals surface area contributed by atoms with Gasteiger partial charge < -0.3 is 25.5 Å². The number of aliphatic hydroxyl groups is 4. The molecule has 138 valence electrons. The predicted octanol–water partition coefficient (Wildman–Crippen LogP) is 1.33. The first kappa shape index (κ1) is 20.9. The number of nitrogens with zero attached hydrogens (tertiary/aromatic N) is 1. The second kappa shape index (κ2) is 11.4. The number of hydrogen-bond donors (Lipinski definition) is 5. The number of rotatable bonds is 12. The van der Waals surface area contributed by atoms with Crippen molar-refractivity contribution in [2.45, 2.75) is 64.4 Å². The minimum absolute atomic E-state index is 0.108. The van der Waals surface area contributed by atoms with Gasteiger partial charge in [-0.05, 0) is 36.1 Å². The summed E-state index contributed by atoms with van der Waals surface area (Å²) in [6, 6.07) is 5.07. The van der Waals surface area contributed by atoms with Gasteiger partial charge in [-0.2, -0.15) is 0 Å². The van der Waals surface area contributed by atoms with E-state index in [1.807, 2.05) is 6.07 Å². The van der Waals surface area contributed by atoms with Gasteiger partial charge >= 0.3 is 0 Å². The third kappa shape index (κ3) is 6.75. The van der Waals surface area contributed by atoms with E-state index in [4.69, 9.17) is 10.2 Å². The number of aliphatic hydroxyl groups excluding tert-OH is 4. The van der Waals surface area contributed by atoms with Crippen LogP contribution in [-0.2, 0) is 13.0 Å². The molecule has 0 aliphatic heterocycles. The van der Waals surface area contributed by atoms with Crippen molar-refractivity contribution in [2.24, 2.45) is 0 Å². The minimum atomic E-state index is -1.29. The molecule has 0 saturated carbocycles. The number of unbranched alkanes of at least 4 members (excludes halogenated alkanes) is 4. The molecule has 0 fully saturated rings. The van der Waals surface area contributed by atoms with Crippen molar-refractivity contribution in [3.05, 3.63) is 29.3 Å². The van der Waals surface area contributed by atoms with Crippen molar-refractivity contribution < 1.29 is 25.5 Å². The van der Waals surface area contributed by atoms with Gasteiger partial charge in [0.2, 0.25) is 0 Å². The number of aryl methyl sites for hydroxylation is 1. The highest BCUT2D eigenvalue weighted by atomic mass is 16.4. The summed E-state index contributed by atoms with van der Waals surface area (Å²) >= 11 is 0. The molecule has 0 aromatic heterocycles. The van der Waals surface area contributed by atoms with Crippen molar-refractivity contribution in [1.29, 1.82) is 0 Å². The van der Waals surface area contributed by atoms with Crippen LogP contribution < -0.4 is 0 Å². The van der Waals surface area contributed by atoms with Gasteiger partial charge in [-0.25, -0.2) is 4.90 Å². The Morgan fingerprint density at radius 2 is 1.54 bits per heavy atom. The third-order valence-corrected chi connectivity index (χ3v) is 4.18. The molecule has 0 amide bonds. The highest BCUT2D eigenvalue weighted by molar-refractivity contribution is 5.35. The summed E-state index contributed by atoms with van der Waals surface area (Å²) in [4.78, 5) is 1.20. The van der Waals surface area contributed by atoms with Gasteiger partial charge in [0.25, 0.3) is 0 Å². The summed E-state index contributed by atoms with van der Waals surface area (Å²) in [5, 5.41) is 47.7. The first-order valence-corrected chi connectivity index (χ1v) is 8.67. The Morgan fingerprint density at radius 3 is 2.12 bits per heavy atom. The molecule has 0 radical (unpaired) electrons. The molecule has 1 rings (SSSR count). The molecule has 1 aromatic rings. The number of phenols is 1. The van der Waals surface area contributed by atoms with Gasteiger partial charge in [-0.15, -0.1) is 0 Å². The summed E-state index contributed by atoms with van der Waals surface area (Å²) in [5.74, 6) is 0.108. The van der Waals surface area contributed by atoms with Crippen molar-refractivity contribution in [1.82, 2.24) is 4.90 Å². The lowest BCUT2D eigenvalue weighted by molar-refractivity contribution is -0.138. The van der Waals surface area contributed by atoms with E-state index >= 15 is 0 Å². The Morgan fingerprint density at radius 1 is 0.917 bits per heavy atom. The zero-order valence-electron chi connectivity index (χ0n) is 14.4. The van der Waals surface area contributed by atoms with Crippen LogP contribution >= 0.6 is 0 Å². The van der Waals surface area contributed by atoms with Crippen LogP contribution in [0.15, 0.2) is 18.2 Å². The molecule has 24 heavy (non-hydrogen) atoms. The molecule has 0 saturated heterocycles. The zero-order chi connectivity index (χ0) is 17.9. The molecule has 0 spiro atoms. The molecule has 0 heterocycles. The zero-order valence-corrected chi connectivity index (χ0v) is 14.4. The van der Waals surface area contributed by atoms with Crippen LogP contribution in [0.3, 0.4) is 0 Å². The van der Waals surface area contributed by atoms with Crippen LogP contribution in [0.4, 0.5) is 0 Å². The molecule has 6 nitrogen and oxygen atoms in total. The van der Waals surface area contributed by atoms with Crippen LogP contribution in [0.2, 0.25) is 0 Å². The first-order valence-electron chi connectivity index (χ1n) is 8.67. The Balaban J connectivity index is 2.81. The van der Waals surface area contributed by atoms with Gasteiger partial charge in [0.1, 0.15) is 18.2 Å². The van der Waals surface area contributed by atoms with Gasteiger partial charge in [0.05, 0.1) is 13.2 Å². The fraction of sp³-hybridized carbons (Fsp3) is 0.667. The third-order valence-electron chi connectivity index (χ3n) is 4.18. The maximum Gasteiger partial charge on any atom is 0.133 e. The molecule has 2 atom stereocenters. The number of benzene rings is 1. The Kier molecular flexibility index (Phi) is 9.90. The molecule has 0 aliphatic rings. The number of phenolic OH excluding ortho intramolecular Hbond substituents is 1. The Bertz CT molecular complexity index is 459. The maximum atomic E-state index is 9.86. The van der Waals surface area contributed by atoms with Crippen LogP contribution in [0.5, 0.6) is 5.75 Å². The normalized spacial score (nSPS) is 14.1. The average Bonchev–Trinajstić information content (AvgIpc) is 2.59. The molecule has 6 heteroatoms. The number of hydrogen-bond acceptors (Lipinski definition) is 6. The topological polar surface area (TPSA) is 104 Å². The quantitative estimate of drug-likeness (QED) is 0.290. The minimum Gasteiger partial charge on any atom is -0.508 e. The maximum absolute atomic E-state index is 9.86. The first-order chi connectivity index (χ1) is 11.5. The fourth-order valence-corrected chi connectivity index (χ4v) is 2.74. The highest BCUT2D eigenvalue weighted by Gasteiger charge is 2.23. The van der Waals surface area contributed by atoms with Crippen molar-refractivity contribution in [2.75, 3.05) is 13.2 Å². The van der Waals surface area contributed by atoms with Crippen molar-refractivity contribution in [3.63, 3.8) is 0 Å². The van der Waals surface area contributed by atoms with Crippen LogP contribution in [0, 0.1) is 0 Å². The molecule has 0 aliphatic carbocycles. The van der Waals surface area contributed by atoms with E-state index in [-0.39, 0.29) is 12.3 Å². The summed E-state index contributed by atoms with van der Waals surface area (Å²) in [7, 11) is 0.